The molecule has 2 nitrogen and oxygen atoms in total. The number of carbonyl (C=O) groups is 1. The lowest BCUT2D eigenvalue weighted by molar-refractivity contribution is -0.116. The summed E-state index contributed by atoms with van der Waals surface area (Å²) in [6, 6.07) is 5.97. The second-order valence-electron chi connectivity index (χ2n) is 4.03. The third kappa shape index (κ3) is 3.89. The number of carbonyl (C=O) groups excluding carboxylic acids is 1. The van der Waals surface area contributed by atoms with Crippen molar-refractivity contribution in [1.82, 2.24) is 0 Å². The SMILES string of the molecule is COc1cc(CC(C)=O)ccc1SC(C)C. The van der Waals surface area contributed by atoms with Crippen LogP contribution in [-0.4, -0.2) is 18.1 Å². The standard InChI is InChI=1S/C13H18O2S/c1-9(2)16-13-6-5-11(7-10(3)14)8-12(13)15-4/h5-6,8-9H,7H2,1-4H3. The van der Waals surface area contributed by atoms with Crippen LogP contribution in [0.4, 0.5) is 0 Å². The Morgan fingerprint density at radius 2 is 2.12 bits per heavy atom. The molecule has 0 saturated heterocycles. The van der Waals surface area contributed by atoms with Crippen LogP contribution in [0, 0.1) is 0 Å². The van der Waals surface area contributed by atoms with E-state index in [0.29, 0.717) is 11.7 Å². The molecule has 0 N–H and O–H groups in total. The molecule has 0 aliphatic rings. The Labute approximate surface area is 101 Å². The number of ether oxygens (including phenoxy) is 1. The van der Waals surface area contributed by atoms with E-state index >= 15 is 0 Å². The Balaban J connectivity index is 2.92. The molecule has 0 aliphatic carbocycles. The zero-order chi connectivity index (χ0) is 12.1. The van der Waals surface area contributed by atoms with Gasteiger partial charge in [-0.3, -0.25) is 4.79 Å². The lowest BCUT2D eigenvalue weighted by atomic mass is 10.1. The molecule has 0 unspecified atom stereocenters. The molecule has 0 saturated carbocycles. The fourth-order valence-electron chi connectivity index (χ4n) is 1.46. The Kier molecular flexibility index (Phi) is 4.87. The van der Waals surface area contributed by atoms with Gasteiger partial charge in [-0.25, -0.2) is 0 Å². The summed E-state index contributed by atoms with van der Waals surface area (Å²) in [5.41, 5.74) is 1.01. The molecular formula is C13H18O2S. The molecule has 0 heterocycles. The van der Waals surface area contributed by atoms with E-state index in [-0.39, 0.29) is 5.78 Å². The summed E-state index contributed by atoms with van der Waals surface area (Å²) in [7, 11) is 1.66. The van der Waals surface area contributed by atoms with Crippen LogP contribution in [0.25, 0.3) is 0 Å². The van der Waals surface area contributed by atoms with E-state index in [4.69, 9.17) is 4.74 Å². The van der Waals surface area contributed by atoms with Gasteiger partial charge in [0, 0.05) is 16.6 Å². The lowest BCUT2D eigenvalue weighted by Crippen LogP contribution is -1.98. The lowest BCUT2D eigenvalue weighted by Gasteiger charge is -2.11. The second-order valence-corrected chi connectivity index (χ2v) is 5.65. The van der Waals surface area contributed by atoms with Crippen LogP contribution in [0.1, 0.15) is 26.3 Å². The highest BCUT2D eigenvalue weighted by molar-refractivity contribution is 8.00. The van der Waals surface area contributed by atoms with Crippen molar-refractivity contribution in [3.8, 4) is 5.75 Å². The van der Waals surface area contributed by atoms with Crippen molar-refractivity contribution in [2.75, 3.05) is 7.11 Å². The first kappa shape index (κ1) is 13.1. The number of benzene rings is 1. The first-order valence-electron chi connectivity index (χ1n) is 5.36. The normalized spacial score (nSPS) is 10.6. The molecule has 1 rings (SSSR count). The fraction of sp³-hybridized carbons (Fsp3) is 0.462. The Morgan fingerprint density at radius 3 is 2.62 bits per heavy atom. The van der Waals surface area contributed by atoms with E-state index in [1.165, 1.54) is 0 Å². The maximum atomic E-state index is 11.0. The minimum atomic E-state index is 0.173. The summed E-state index contributed by atoms with van der Waals surface area (Å²) in [5, 5.41) is 0.521. The van der Waals surface area contributed by atoms with Crippen LogP contribution in [0.5, 0.6) is 5.75 Å². The van der Waals surface area contributed by atoms with Gasteiger partial charge in [-0.2, -0.15) is 0 Å². The Hall–Kier alpha value is -0.960. The van der Waals surface area contributed by atoms with Crippen LogP contribution in [0.2, 0.25) is 0 Å². The van der Waals surface area contributed by atoms with Crippen LogP contribution >= 0.6 is 11.8 Å². The molecule has 0 aromatic heterocycles. The minimum absolute atomic E-state index is 0.173. The monoisotopic (exact) mass is 238 g/mol. The molecule has 0 fully saturated rings. The predicted octanol–water partition coefficient (Wildman–Crippen LogP) is 3.33. The van der Waals surface area contributed by atoms with Gasteiger partial charge in [-0.05, 0) is 24.6 Å². The number of hydrogen-bond donors (Lipinski definition) is 0. The van der Waals surface area contributed by atoms with E-state index in [9.17, 15) is 4.79 Å². The van der Waals surface area contributed by atoms with E-state index in [1.54, 1.807) is 25.8 Å². The van der Waals surface area contributed by atoms with E-state index in [2.05, 4.69) is 13.8 Å². The molecule has 1 aromatic carbocycles. The zero-order valence-corrected chi connectivity index (χ0v) is 11.1. The van der Waals surface area contributed by atoms with E-state index < -0.39 is 0 Å². The van der Waals surface area contributed by atoms with Crippen molar-refractivity contribution >= 4 is 17.5 Å². The van der Waals surface area contributed by atoms with Crippen LogP contribution in [-0.2, 0) is 11.2 Å². The van der Waals surface area contributed by atoms with Crippen molar-refractivity contribution in [1.29, 1.82) is 0 Å². The summed E-state index contributed by atoms with van der Waals surface area (Å²) in [4.78, 5) is 12.2. The van der Waals surface area contributed by atoms with Crippen molar-refractivity contribution < 1.29 is 9.53 Å². The number of Topliss-reactive ketones (excluding diaryl/α,β-unsaturated/α-hetero) is 1. The molecule has 0 bridgehead atoms. The quantitative estimate of drug-likeness (QED) is 0.736. The molecular weight excluding hydrogens is 220 g/mol. The van der Waals surface area contributed by atoms with Crippen molar-refractivity contribution in [3.63, 3.8) is 0 Å². The van der Waals surface area contributed by atoms with Gasteiger partial charge >= 0.3 is 0 Å². The van der Waals surface area contributed by atoms with Crippen molar-refractivity contribution in [3.05, 3.63) is 23.8 Å². The van der Waals surface area contributed by atoms with Gasteiger partial charge < -0.3 is 4.74 Å². The fourth-order valence-corrected chi connectivity index (χ4v) is 2.37. The number of rotatable bonds is 5. The molecule has 16 heavy (non-hydrogen) atoms. The van der Waals surface area contributed by atoms with Gasteiger partial charge in [0.15, 0.2) is 0 Å². The first-order chi connectivity index (χ1) is 7.52. The van der Waals surface area contributed by atoms with Gasteiger partial charge in [0.25, 0.3) is 0 Å². The Bertz CT molecular complexity index is 372. The van der Waals surface area contributed by atoms with E-state index in [0.717, 1.165) is 16.2 Å². The minimum Gasteiger partial charge on any atom is -0.496 e. The summed E-state index contributed by atoms with van der Waals surface area (Å²) < 4.78 is 5.34. The molecule has 88 valence electrons. The van der Waals surface area contributed by atoms with Crippen LogP contribution in [0.3, 0.4) is 0 Å². The average molecular weight is 238 g/mol. The molecule has 0 spiro atoms. The number of thioether (sulfide) groups is 1. The highest BCUT2D eigenvalue weighted by Gasteiger charge is 2.08. The predicted molar refractivity (Wildman–Crippen MR) is 68.4 cm³/mol. The molecule has 0 aliphatic heterocycles. The number of hydrogen-bond acceptors (Lipinski definition) is 3. The van der Waals surface area contributed by atoms with Crippen LogP contribution < -0.4 is 4.74 Å². The summed E-state index contributed by atoms with van der Waals surface area (Å²) in [6.07, 6.45) is 0.475. The maximum Gasteiger partial charge on any atom is 0.134 e. The Morgan fingerprint density at radius 1 is 1.44 bits per heavy atom. The average Bonchev–Trinajstić information content (AvgIpc) is 2.18. The van der Waals surface area contributed by atoms with Gasteiger partial charge in [0.05, 0.1) is 7.11 Å². The summed E-state index contributed by atoms with van der Waals surface area (Å²) in [6.45, 7) is 5.89. The largest absolute Gasteiger partial charge is 0.496 e. The topological polar surface area (TPSA) is 26.3 Å². The molecule has 1 aromatic rings. The molecule has 0 radical (unpaired) electrons. The van der Waals surface area contributed by atoms with Crippen molar-refractivity contribution in [2.45, 2.75) is 37.3 Å². The highest BCUT2D eigenvalue weighted by atomic mass is 32.2. The maximum absolute atomic E-state index is 11.0. The van der Waals surface area contributed by atoms with Crippen LogP contribution in [0.15, 0.2) is 23.1 Å². The molecule has 0 atom stereocenters. The second kappa shape index (κ2) is 5.94. The van der Waals surface area contributed by atoms with Gasteiger partial charge in [-0.1, -0.05) is 19.9 Å². The smallest absolute Gasteiger partial charge is 0.134 e. The number of ketones is 1. The third-order valence-electron chi connectivity index (χ3n) is 2.04. The van der Waals surface area contributed by atoms with E-state index in [1.807, 2.05) is 18.2 Å². The van der Waals surface area contributed by atoms with Gasteiger partial charge in [0.2, 0.25) is 0 Å². The zero-order valence-electron chi connectivity index (χ0n) is 10.2. The molecule has 3 heteroatoms. The number of methoxy groups -OCH3 is 1. The summed E-state index contributed by atoms with van der Waals surface area (Å²) >= 11 is 1.77. The van der Waals surface area contributed by atoms with Crippen molar-refractivity contribution in [2.24, 2.45) is 0 Å². The summed E-state index contributed by atoms with van der Waals surface area (Å²) in [5.74, 6) is 1.03. The third-order valence-corrected chi connectivity index (χ3v) is 3.11. The molecule has 0 amide bonds. The van der Waals surface area contributed by atoms with Gasteiger partial charge in [-0.15, -0.1) is 11.8 Å². The highest BCUT2D eigenvalue weighted by Crippen LogP contribution is 2.32. The first-order valence-corrected chi connectivity index (χ1v) is 6.24. The van der Waals surface area contributed by atoms with Gasteiger partial charge in [0.1, 0.15) is 11.5 Å².